The van der Waals surface area contributed by atoms with E-state index in [2.05, 4.69) is 11.9 Å². The van der Waals surface area contributed by atoms with Crippen LogP contribution < -0.4 is 4.84 Å². The number of hydrogen-bond donors (Lipinski definition) is 0. The average Bonchev–Trinajstić information content (AvgIpc) is 2.31. The van der Waals surface area contributed by atoms with E-state index in [0.717, 1.165) is 11.1 Å². The van der Waals surface area contributed by atoms with E-state index < -0.39 is 0 Å². The molecule has 0 saturated carbocycles. The van der Waals surface area contributed by atoms with E-state index in [-0.39, 0.29) is 5.82 Å². The quantitative estimate of drug-likeness (QED) is 0.567. The third-order valence-electron chi connectivity index (χ3n) is 2.18. The maximum atomic E-state index is 12.8. The second-order valence-corrected chi connectivity index (χ2v) is 3.26. The lowest BCUT2D eigenvalue weighted by Gasteiger charge is -2.03. The van der Waals surface area contributed by atoms with Crippen LogP contribution in [0.15, 0.2) is 53.7 Å². The van der Waals surface area contributed by atoms with Gasteiger partial charge in [0, 0.05) is 6.72 Å². The van der Waals surface area contributed by atoms with Gasteiger partial charge in [-0.25, -0.2) is 4.39 Å². The van der Waals surface area contributed by atoms with E-state index in [1.54, 1.807) is 18.2 Å². The smallest absolute Gasteiger partial charge is 0.158 e. The highest BCUT2D eigenvalue weighted by Crippen LogP contribution is 2.24. The lowest BCUT2D eigenvalue weighted by atomic mass is 10.1. The monoisotopic (exact) mass is 215 g/mol. The van der Waals surface area contributed by atoms with Crippen LogP contribution in [0.3, 0.4) is 0 Å². The van der Waals surface area contributed by atoms with E-state index in [9.17, 15) is 4.39 Å². The van der Waals surface area contributed by atoms with E-state index in [0.29, 0.717) is 5.75 Å². The van der Waals surface area contributed by atoms with Gasteiger partial charge in [0.1, 0.15) is 5.82 Å². The molecular weight excluding hydrogens is 205 g/mol. The molecule has 0 aromatic heterocycles. The predicted octanol–water partition coefficient (Wildman–Crippen LogP) is 3.49. The number of oxime groups is 1. The maximum Gasteiger partial charge on any atom is 0.158 e. The molecule has 2 nitrogen and oxygen atoms in total. The first-order chi connectivity index (χ1) is 7.79. The molecule has 0 bridgehead atoms. The molecule has 2 aromatic carbocycles. The van der Waals surface area contributed by atoms with Crippen LogP contribution >= 0.6 is 0 Å². The van der Waals surface area contributed by atoms with Gasteiger partial charge < -0.3 is 4.84 Å². The normalized spacial score (nSPS) is 9.81. The Hall–Kier alpha value is -2.16. The topological polar surface area (TPSA) is 21.6 Å². The number of hydrogen-bond acceptors (Lipinski definition) is 2. The van der Waals surface area contributed by atoms with Gasteiger partial charge in [0.25, 0.3) is 0 Å². The van der Waals surface area contributed by atoms with Crippen molar-refractivity contribution in [3.63, 3.8) is 0 Å². The molecule has 0 heterocycles. The first-order valence-electron chi connectivity index (χ1n) is 4.78. The van der Waals surface area contributed by atoms with Crippen molar-refractivity contribution in [3.8, 4) is 16.9 Å². The largest absolute Gasteiger partial charge is 0.358 e. The molecular formula is C13H10FNO. The highest BCUT2D eigenvalue weighted by Gasteiger charge is 2.00. The van der Waals surface area contributed by atoms with Crippen molar-refractivity contribution in [2.24, 2.45) is 5.16 Å². The molecule has 0 unspecified atom stereocenters. The van der Waals surface area contributed by atoms with Crippen LogP contribution in [-0.4, -0.2) is 6.72 Å². The van der Waals surface area contributed by atoms with Crippen LogP contribution in [-0.2, 0) is 0 Å². The molecule has 0 N–H and O–H groups in total. The number of benzene rings is 2. The van der Waals surface area contributed by atoms with Crippen molar-refractivity contribution < 1.29 is 9.23 Å². The minimum Gasteiger partial charge on any atom is -0.358 e. The standard InChI is InChI=1S/C13H10FNO/c1-15-16-13-4-2-3-11(9-13)10-5-7-12(14)8-6-10/h2-9H,1H2. The molecule has 2 rings (SSSR count). The zero-order valence-corrected chi connectivity index (χ0v) is 8.56. The predicted molar refractivity (Wildman–Crippen MR) is 62.0 cm³/mol. The third-order valence-corrected chi connectivity index (χ3v) is 2.18. The minimum absolute atomic E-state index is 0.246. The highest BCUT2D eigenvalue weighted by molar-refractivity contribution is 5.64. The molecule has 0 atom stereocenters. The van der Waals surface area contributed by atoms with Gasteiger partial charge in [0.15, 0.2) is 5.75 Å². The second-order valence-electron chi connectivity index (χ2n) is 3.26. The lowest BCUT2D eigenvalue weighted by molar-refractivity contribution is 0.346. The molecule has 3 heteroatoms. The molecule has 0 aliphatic carbocycles. The Bertz CT molecular complexity index is 494. The summed E-state index contributed by atoms with van der Waals surface area (Å²) >= 11 is 0. The lowest BCUT2D eigenvalue weighted by Crippen LogP contribution is -1.83. The number of nitrogens with zero attached hydrogens (tertiary/aromatic N) is 1. The SMILES string of the molecule is C=NOc1cccc(-c2ccc(F)cc2)c1. The van der Waals surface area contributed by atoms with Crippen molar-refractivity contribution >= 4 is 6.72 Å². The summed E-state index contributed by atoms with van der Waals surface area (Å²) in [6.45, 7) is 3.25. The zero-order chi connectivity index (χ0) is 11.4. The zero-order valence-electron chi connectivity index (χ0n) is 8.56. The molecule has 0 radical (unpaired) electrons. The van der Waals surface area contributed by atoms with Gasteiger partial charge in [0.2, 0.25) is 0 Å². The molecule has 0 amide bonds. The van der Waals surface area contributed by atoms with Crippen LogP contribution in [0.1, 0.15) is 0 Å². The summed E-state index contributed by atoms with van der Waals surface area (Å²) in [7, 11) is 0. The fourth-order valence-corrected chi connectivity index (χ4v) is 1.45. The van der Waals surface area contributed by atoms with Crippen molar-refractivity contribution in [2.45, 2.75) is 0 Å². The van der Waals surface area contributed by atoms with Gasteiger partial charge in [-0.15, -0.1) is 0 Å². The minimum atomic E-state index is -0.246. The first-order valence-corrected chi connectivity index (χ1v) is 4.78. The molecule has 0 spiro atoms. The Morgan fingerprint density at radius 1 is 1.00 bits per heavy atom. The van der Waals surface area contributed by atoms with Gasteiger partial charge in [-0.05, 0) is 35.4 Å². The van der Waals surface area contributed by atoms with E-state index in [1.165, 1.54) is 12.1 Å². The van der Waals surface area contributed by atoms with Crippen molar-refractivity contribution in [2.75, 3.05) is 0 Å². The molecule has 80 valence electrons. The second kappa shape index (κ2) is 4.57. The van der Waals surface area contributed by atoms with Gasteiger partial charge >= 0.3 is 0 Å². The molecule has 16 heavy (non-hydrogen) atoms. The maximum absolute atomic E-state index is 12.8. The third kappa shape index (κ3) is 2.25. The van der Waals surface area contributed by atoms with Gasteiger partial charge in [-0.1, -0.05) is 29.4 Å². The Kier molecular flexibility index (Phi) is 2.96. The Labute approximate surface area is 93.0 Å². The van der Waals surface area contributed by atoms with Crippen molar-refractivity contribution in [3.05, 3.63) is 54.3 Å². The summed E-state index contributed by atoms with van der Waals surface area (Å²) in [6.07, 6.45) is 0. The van der Waals surface area contributed by atoms with E-state index >= 15 is 0 Å². The van der Waals surface area contributed by atoms with Crippen molar-refractivity contribution in [1.82, 2.24) is 0 Å². The molecule has 0 fully saturated rings. The van der Waals surface area contributed by atoms with Crippen molar-refractivity contribution in [1.29, 1.82) is 0 Å². The average molecular weight is 215 g/mol. The Morgan fingerprint density at radius 2 is 1.75 bits per heavy atom. The summed E-state index contributed by atoms with van der Waals surface area (Å²) in [5.41, 5.74) is 1.87. The van der Waals surface area contributed by atoms with E-state index in [4.69, 9.17) is 4.84 Å². The fourth-order valence-electron chi connectivity index (χ4n) is 1.45. The summed E-state index contributed by atoms with van der Waals surface area (Å²) in [5, 5.41) is 3.34. The fraction of sp³-hybridized carbons (Fsp3) is 0. The summed E-state index contributed by atoms with van der Waals surface area (Å²) in [4.78, 5) is 4.93. The number of halogens is 1. The highest BCUT2D eigenvalue weighted by atomic mass is 19.1. The van der Waals surface area contributed by atoms with Gasteiger partial charge in [0.05, 0.1) is 0 Å². The molecule has 0 saturated heterocycles. The molecule has 2 aromatic rings. The van der Waals surface area contributed by atoms with Gasteiger partial charge in [-0.3, -0.25) is 0 Å². The Morgan fingerprint density at radius 3 is 2.44 bits per heavy atom. The summed E-state index contributed by atoms with van der Waals surface area (Å²) in [5.74, 6) is 0.362. The Balaban J connectivity index is 2.36. The van der Waals surface area contributed by atoms with Crippen LogP contribution in [0.4, 0.5) is 4.39 Å². The van der Waals surface area contributed by atoms with Crippen LogP contribution in [0, 0.1) is 5.82 Å². The first kappa shape index (κ1) is 10.4. The molecule has 0 aliphatic heterocycles. The van der Waals surface area contributed by atoms with Crippen LogP contribution in [0.5, 0.6) is 5.75 Å². The van der Waals surface area contributed by atoms with Crippen LogP contribution in [0.2, 0.25) is 0 Å². The summed E-state index contributed by atoms with van der Waals surface area (Å²) < 4.78 is 12.8. The van der Waals surface area contributed by atoms with Gasteiger partial charge in [-0.2, -0.15) is 0 Å². The van der Waals surface area contributed by atoms with E-state index in [1.807, 2.05) is 18.2 Å². The molecule has 0 aliphatic rings. The van der Waals surface area contributed by atoms with Crippen LogP contribution in [0.25, 0.3) is 11.1 Å². The number of rotatable bonds is 3. The summed E-state index contributed by atoms with van der Waals surface area (Å²) in [6, 6.07) is 13.7.